The third-order valence-electron chi connectivity index (χ3n) is 1.10. The van der Waals surface area contributed by atoms with E-state index in [1.807, 2.05) is 0 Å². The van der Waals surface area contributed by atoms with Gasteiger partial charge in [0.05, 0.1) is 0 Å². The van der Waals surface area contributed by atoms with Gasteiger partial charge in [0.1, 0.15) is 0 Å². The average molecular weight is 147 g/mol. The van der Waals surface area contributed by atoms with Crippen molar-refractivity contribution in [2.24, 2.45) is 0 Å². The fourth-order valence-corrected chi connectivity index (χ4v) is 0.706. The van der Waals surface area contributed by atoms with Crippen molar-refractivity contribution in [3.8, 4) is 0 Å². The summed E-state index contributed by atoms with van der Waals surface area (Å²) in [7, 11) is 0. The van der Waals surface area contributed by atoms with E-state index in [1.165, 1.54) is 0 Å². The Morgan fingerprint density at radius 1 is 1.20 bits per heavy atom. The van der Waals surface area contributed by atoms with Gasteiger partial charge >= 0.3 is 6.03 Å². The van der Waals surface area contributed by atoms with Gasteiger partial charge in [-0.15, -0.1) is 0 Å². The van der Waals surface area contributed by atoms with Gasteiger partial charge in [0.25, 0.3) is 0 Å². The van der Waals surface area contributed by atoms with Gasteiger partial charge in [-0.3, -0.25) is 10.6 Å². The Morgan fingerprint density at radius 3 is 2.40 bits per heavy atom. The molecule has 10 heavy (non-hydrogen) atoms. The van der Waals surface area contributed by atoms with Gasteiger partial charge < -0.3 is 0 Å². The molecule has 2 saturated heterocycles. The zero-order valence-corrected chi connectivity index (χ0v) is 4.79. The van der Waals surface area contributed by atoms with Crippen LogP contribution in [-0.2, 0) is 14.8 Å². The molecule has 0 radical (unpaired) electrons. The molecule has 2 unspecified atom stereocenters. The first-order valence-corrected chi connectivity index (χ1v) is 2.66. The van der Waals surface area contributed by atoms with Gasteiger partial charge in [0.2, 0.25) is 12.7 Å². The molecule has 0 aromatic heterocycles. The topological polar surface area (TPSA) is 80.9 Å². The minimum absolute atomic E-state index is 0.364. The lowest BCUT2D eigenvalue weighted by Crippen LogP contribution is -2.68. The van der Waals surface area contributed by atoms with Gasteiger partial charge in [0.15, 0.2) is 0 Å². The minimum Gasteiger partial charge on any atom is -0.297 e. The van der Waals surface area contributed by atoms with Crippen molar-refractivity contribution in [2.45, 2.75) is 12.7 Å². The summed E-state index contributed by atoms with van der Waals surface area (Å²) < 4.78 is 0. The molecule has 2 bridgehead atoms. The van der Waals surface area contributed by atoms with Crippen LogP contribution in [0.4, 0.5) is 4.79 Å². The smallest absolute Gasteiger partial charge is 0.297 e. The molecule has 56 valence electrons. The highest BCUT2D eigenvalue weighted by atomic mass is 17.5. The van der Waals surface area contributed by atoms with Crippen molar-refractivity contribution in [3.63, 3.8) is 0 Å². The number of amides is 2. The largest absolute Gasteiger partial charge is 0.321 e. The molecular weight excluding hydrogens is 142 g/mol. The summed E-state index contributed by atoms with van der Waals surface area (Å²) in [6.45, 7) is 0. The van der Waals surface area contributed by atoms with Gasteiger partial charge in [-0.25, -0.2) is 10.1 Å². The number of fused-ring (bicyclic) bond motifs is 2. The van der Waals surface area contributed by atoms with Crippen molar-refractivity contribution in [3.05, 3.63) is 0 Å². The minimum atomic E-state index is -0.632. The summed E-state index contributed by atoms with van der Waals surface area (Å²) in [6.07, 6.45) is -1.26. The van der Waals surface area contributed by atoms with Crippen molar-refractivity contribution in [2.75, 3.05) is 0 Å². The van der Waals surface area contributed by atoms with Crippen LogP contribution >= 0.6 is 0 Å². The predicted molar refractivity (Wildman–Crippen MR) is 25.6 cm³/mol. The Hall–Kier alpha value is -0.890. The predicted octanol–water partition coefficient (Wildman–Crippen LogP) is -1.65. The van der Waals surface area contributed by atoms with Crippen LogP contribution in [0, 0.1) is 0 Å². The molecule has 2 amide bonds. The second-order valence-electron chi connectivity index (χ2n) is 1.81. The zero-order chi connectivity index (χ0) is 6.97. The average Bonchev–Trinajstić information content (AvgIpc) is 1.85. The summed E-state index contributed by atoms with van der Waals surface area (Å²) in [5.74, 6) is 0. The number of urea groups is 1. The second kappa shape index (κ2) is 2.06. The summed E-state index contributed by atoms with van der Waals surface area (Å²) in [4.78, 5) is 19.4. The molecule has 2 aliphatic heterocycles. The summed E-state index contributed by atoms with van der Waals surface area (Å²) >= 11 is 0. The summed E-state index contributed by atoms with van der Waals surface area (Å²) in [5.41, 5.74) is 0. The van der Waals surface area contributed by atoms with Crippen molar-refractivity contribution in [1.29, 1.82) is 0 Å². The van der Waals surface area contributed by atoms with E-state index in [-0.39, 0.29) is 6.03 Å². The molecule has 2 rings (SSSR count). The van der Waals surface area contributed by atoms with Crippen LogP contribution in [0.25, 0.3) is 0 Å². The molecule has 7 heteroatoms. The highest BCUT2D eigenvalue weighted by molar-refractivity contribution is 5.74. The number of hydrogen-bond acceptors (Lipinski definition) is 5. The van der Waals surface area contributed by atoms with E-state index in [9.17, 15) is 4.79 Å². The highest BCUT2D eigenvalue weighted by Crippen LogP contribution is 2.02. The van der Waals surface area contributed by atoms with E-state index in [4.69, 9.17) is 0 Å². The molecule has 2 heterocycles. The van der Waals surface area contributed by atoms with Crippen LogP contribution < -0.4 is 16.0 Å². The fraction of sp³-hybridized carbons (Fsp3) is 0.667. The van der Waals surface area contributed by atoms with Crippen LogP contribution in [-0.4, -0.2) is 18.7 Å². The Kier molecular flexibility index (Phi) is 1.21. The second-order valence-corrected chi connectivity index (χ2v) is 1.81. The molecule has 7 nitrogen and oxygen atoms in total. The van der Waals surface area contributed by atoms with E-state index in [1.54, 1.807) is 0 Å². The molecule has 3 N–H and O–H groups in total. The van der Waals surface area contributed by atoms with E-state index in [0.29, 0.717) is 0 Å². The molecule has 0 aliphatic carbocycles. The van der Waals surface area contributed by atoms with Crippen LogP contribution in [0.15, 0.2) is 0 Å². The summed E-state index contributed by atoms with van der Waals surface area (Å²) in [5, 5.41) is 11.5. The van der Waals surface area contributed by atoms with Gasteiger partial charge in [-0.1, -0.05) is 5.04 Å². The standard InChI is InChI=1S/C3H5N3O4/c7-1-4-2-6-3(5-1)9-10-8-2/h2-3,6H,(H2,4,5,7). The van der Waals surface area contributed by atoms with E-state index in [2.05, 4.69) is 30.8 Å². The van der Waals surface area contributed by atoms with Gasteiger partial charge in [-0.2, -0.15) is 9.78 Å². The van der Waals surface area contributed by atoms with Crippen LogP contribution in [0.5, 0.6) is 0 Å². The van der Waals surface area contributed by atoms with Crippen LogP contribution in [0.1, 0.15) is 0 Å². The SMILES string of the molecule is O=C1NC2NC(N1)OOO2. The van der Waals surface area contributed by atoms with Gasteiger partial charge in [0, 0.05) is 0 Å². The lowest BCUT2D eigenvalue weighted by molar-refractivity contribution is -0.579. The van der Waals surface area contributed by atoms with Gasteiger partial charge in [-0.05, 0) is 0 Å². The Morgan fingerprint density at radius 2 is 1.80 bits per heavy atom. The molecule has 2 fully saturated rings. The van der Waals surface area contributed by atoms with E-state index < -0.39 is 12.7 Å². The first-order valence-electron chi connectivity index (χ1n) is 2.66. The van der Waals surface area contributed by atoms with Crippen molar-refractivity contribution >= 4 is 6.03 Å². The Bertz CT molecular complexity index is 148. The maximum absolute atomic E-state index is 10.6. The Labute approximate surface area is 55.5 Å². The van der Waals surface area contributed by atoms with Crippen LogP contribution in [0.2, 0.25) is 0 Å². The fourth-order valence-electron chi connectivity index (χ4n) is 0.706. The first kappa shape index (κ1) is 5.86. The molecule has 0 aromatic rings. The lowest BCUT2D eigenvalue weighted by atomic mass is 10.7. The molecule has 0 saturated carbocycles. The number of carbonyl (C=O) groups excluding carboxylic acids is 1. The van der Waals surface area contributed by atoms with Crippen molar-refractivity contribution < 1.29 is 19.6 Å². The maximum Gasteiger partial charge on any atom is 0.321 e. The van der Waals surface area contributed by atoms with E-state index in [0.717, 1.165) is 0 Å². The number of hydrogen-bond donors (Lipinski definition) is 3. The normalized spacial score (nSPS) is 38.2. The third-order valence-corrected chi connectivity index (χ3v) is 1.10. The quantitative estimate of drug-likeness (QED) is 0.358. The monoisotopic (exact) mass is 147 g/mol. The molecular formula is C3H5N3O4. The molecule has 2 aliphatic rings. The Balaban J connectivity index is 2.05. The van der Waals surface area contributed by atoms with Crippen molar-refractivity contribution in [1.82, 2.24) is 16.0 Å². The number of carbonyl (C=O) groups is 1. The highest BCUT2D eigenvalue weighted by Gasteiger charge is 2.31. The number of nitrogens with one attached hydrogen (secondary N) is 3. The first-order chi connectivity index (χ1) is 4.84. The molecule has 0 spiro atoms. The van der Waals surface area contributed by atoms with Crippen LogP contribution in [0.3, 0.4) is 0 Å². The zero-order valence-electron chi connectivity index (χ0n) is 4.79. The lowest BCUT2D eigenvalue weighted by Gasteiger charge is -2.33. The molecule has 0 aromatic carbocycles. The molecule has 2 atom stereocenters. The third kappa shape index (κ3) is 0.907. The maximum atomic E-state index is 10.6. The summed E-state index contributed by atoms with van der Waals surface area (Å²) in [6, 6.07) is -0.364. The van der Waals surface area contributed by atoms with E-state index >= 15 is 0 Å². The number of rotatable bonds is 0.